The molecule has 1 aromatic carbocycles. The molecule has 0 saturated carbocycles. The van der Waals surface area contributed by atoms with Crippen LogP contribution < -0.4 is 5.32 Å². The lowest BCUT2D eigenvalue weighted by Crippen LogP contribution is -2.25. The highest BCUT2D eigenvalue weighted by Crippen LogP contribution is 2.15. The van der Waals surface area contributed by atoms with Gasteiger partial charge in [0.25, 0.3) is 0 Å². The molecule has 0 bridgehead atoms. The van der Waals surface area contributed by atoms with Crippen LogP contribution in [0.4, 0.5) is 5.69 Å². The molecular formula is C16H23N. The van der Waals surface area contributed by atoms with Crippen LogP contribution in [0.2, 0.25) is 0 Å². The van der Waals surface area contributed by atoms with E-state index in [0.29, 0.717) is 0 Å². The second-order valence-corrected chi connectivity index (χ2v) is 6.45. The van der Waals surface area contributed by atoms with Crippen LogP contribution in [-0.2, 0) is 0 Å². The number of hydrogen-bond acceptors (Lipinski definition) is 1. The average molecular weight is 229 g/mol. The van der Waals surface area contributed by atoms with E-state index in [1.165, 1.54) is 0 Å². The number of anilines is 1. The van der Waals surface area contributed by atoms with E-state index in [0.717, 1.165) is 11.3 Å². The van der Waals surface area contributed by atoms with Crippen LogP contribution in [0, 0.1) is 17.3 Å². The van der Waals surface area contributed by atoms with E-state index in [9.17, 15) is 0 Å². The van der Waals surface area contributed by atoms with Gasteiger partial charge in [-0.05, 0) is 65.8 Å². The van der Waals surface area contributed by atoms with Gasteiger partial charge >= 0.3 is 0 Å². The lowest BCUT2D eigenvalue weighted by molar-refractivity contribution is 0.571. The zero-order chi connectivity index (χ0) is 13.1. The third-order valence-corrected chi connectivity index (χ3v) is 1.99. The van der Waals surface area contributed by atoms with Crippen molar-refractivity contribution in [3.8, 4) is 11.8 Å². The van der Waals surface area contributed by atoms with Gasteiger partial charge in [-0.3, -0.25) is 0 Å². The van der Waals surface area contributed by atoms with Crippen LogP contribution in [0.25, 0.3) is 0 Å². The van der Waals surface area contributed by atoms with Crippen molar-refractivity contribution in [1.82, 2.24) is 0 Å². The minimum Gasteiger partial charge on any atom is -0.380 e. The molecule has 0 aromatic heterocycles. The zero-order valence-electron chi connectivity index (χ0n) is 11.8. The molecule has 0 unspecified atom stereocenters. The third-order valence-electron chi connectivity index (χ3n) is 1.99. The lowest BCUT2D eigenvalue weighted by atomic mass is 9.97. The molecule has 0 fully saturated rings. The topological polar surface area (TPSA) is 12.0 Å². The molecule has 0 aliphatic rings. The summed E-state index contributed by atoms with van der Waals surface area (Å²) in [6.45, 7) is 12.8. The molecule has 0 aliphatic heterocycles. The minimum absolute atomic E-state index is 0.0579. The van der Waals surface area contributed by atoms with Gasteiger partial charge < -0.3 is 5.32 Å². The fourth-order valence-electron chi connectivity index (χ4n) is 1.33. The molecule has 1 aromatic rings. The van der Waals surface area contributed by atoms with E-state index >= 15 is 0 Å². The fraction of sp³-hybridized carbons (Fsp3) is 0.500. The summed E-state index contributed by atoms with van der Waals surface area (Å²) in [7, 11) is 0. The van der Waals surface area contributed by atoms with Crippen LogP contribution in [-0.4, -0.2) is 5.54 Å². The molecule has 0 spiro atoms. The first kappa shape index (κ1) is 13.6. The van der Waals surface area contributed by atoms with Crippen molar-refractivity contribution in [2.45, 2.75) is 47.1 Å². The molecule has 1 heteroatoms. The monoisotopic (exact) mass is 229 g/mol. The van der Waals surface area contributed by atoms with E-state index in [1.807, 2.05) is 0 Å². The highest BCUT2D eigenvalue weighted by Gasteiger charge is 2.08. The number of rotatable bonds is 1. The van der Waals surface area contributed by atoms with E-state index in [-0.39, 0.29) is 11.0 Å². The Bertz CT molecular complexity index is 416. The largest absolute Gasteiger partial charge is 0.380 e. The van der Waals surface area contributed by atoms with Crippen LogP contribution in [0.3, 0.4) is 0 Å². The second-order valence-electron chi connectivity index (χ2n) is 6.45. The van der Waals surface area contributed by atoms with E-state index < -0.39 is 0 Å². The molecule has 0 saturated heterocycles. The highest BCUT2D eigenvalue weighted by atomic mass is 14.9. The summed E-state index contributed by atoms with van der Waals surface area (Å²) in [5.74, 6) is 6.43. The molecule has 1 nitrogen and oxygen atoms in total. The van der Waals surface area contributed by atoms with E-state index in [2.05, 4.69) is 83.0 Å². The summed E-state index contributed by atoms with van der Waals surface area (Å²) in [5.41, 5.74) is 2.36. The summed E-state index contributed by atoms with van der Waals surface area (Å²) in [5, 5.41) is 3.43. The Morgan fingerprint density at radius 1 is 0.882 bits per heavy atom. The first-order valence-corrected chi connectivity index (χ1v) is 6.07. The SMILES string of the molecule is CC(C)(C)C#Cc1ccc(NC(C)(C)C)cc1. The van der Waals surface area contributed by atoms with Gasteiger partial charge in [-0.1, -0.05) is 11.8 Å². The van der Waals surface area contributed by atoms with Gasteiger partial charge in [0.2, 0.25) is 0 Å². The van der Waals surface area contributed by atoms with Gasteiger partial charge in [0.15, 0.2) is 0 Å². The number of hydrogen-bond donors (Lipinski definition) is 1. The van der Waals surface area contributed by atoms with Crippen molar-refractivity contribution in [3.63, 3.8) is 0 Å². The second kappa shape index (κ2) is 4.84. The van der Waals surface area contributed by atoms with Crippen molar-refractivity contribution in [1.29, 1.82) is 0 Å². The molecule has 0 amide bonds. The van der Waals surface area contributed by atoms with Crippen LogP contribution in [0.15, 0.2) is 24.3 Å². The average Bonchev–Trinajstić information content (AvgIpc) is 2.13. The summed E-state index contributed by atoms with van der Waals surface area (Å²) < 4.78 is 0. The summed E-state index contributed by atoms with van der Waals surface area (Å²) >= 11 is 0. The standard InChI is InChI=1S/C16H23N/c1-15(2,3)12-11-13-7-9-14(10-8-13)17-16(4,5)6/h7-10,17H,1-6H3. The van der Waals surface area contributed by atoms with Gasteiger partial charge in [0.05, 0.1) is 0 Å². The fourth-order valence-corrected chi connectivity index (χ4v) is 1.33. The molecule has 0 aliphatic carbocycles. The molecule has 0 radical (unpaired) electrons. The zero-order valence-corrected chi connectivity index (χ0v) is 11.8. The van der Waals surface area contributed by atoms with E-state index in [4.69, 9.17) is 0 Å². The van der Waals surface area contributed by atoms with Gasteiger partial charge in [0, 0.05) is 22.2 Å². The summed E-state index contributed by atoms with van der Waals surface area (Å²) in [4.78, 5) is 0. The lowest BCUT2D eigenvalue weighted by Gasteiger charge is -2.22. The summed E-state index contributed by atoms with van der Waals surface area (Å²) in [6.07, 6.45) is 0. The van der Waals surface area contributed by atoms with Crippen molar-refractivity contribution in [2.75, 3.05) is 5.32 Å². The van der Waals surface area contributed by atoms with Crippen LogP contribution in [0.1, 0.15) is 47.1 Å². The highest BCUT2D eigenvalue weighted by molar-refractivity contribution is 5.49. The Morgan fingerprint density at radius 2 is 1.41 bits per heavy atom. The Kier molecular flexibility index (Phi) is 3.88. The number of benzene rings is 1. The van der Waals surface area contributed by atoms with Gasteiger partial charge in [0.1, 0.15) is 0 Å². The third kappa shape index (κ3) is 6.02. The molecular weight excluding hydrogens is 206 g/mol. The molecule has 17 heavy (non-hydrogen) atoms. The predicted molar refractivity (Wildman–Crippen MR) is 76.2 cm³/mol. The maximum Gasteiger partial charge on any atom is 0.0345 e. The van der Waals surface area contributed by atoms with Crippen molar-refractivity contribution in [2.24, 2.45) is 5.41 Å². The number of nitrogens with one attached hydrogen (secondary N) is 1. The van der Waals surface area contributed by atoms with Gasteiger partial charge in [-0.25, -0.2) is 0 Å². The van der Waals surface area contributed by atoms with Crippen molar-refractivity contribution < 1.29 is 0 Å². The Balaban J connectivity index is 2.78. The first-order chi connectivity index (χ1) is 7.66. The quantitative estimate of drug-likeness (QED) is 0.708. The Morgan fingerprint density at radius 3 is 1.82 bits per heavy atom. The molecule has 0 atom stereocenters. The summed E-state index contributed by atoms with van der Waals surface area (Å²) in [6, 6.07) is 8.29. The van der Waals surface area contributed by atoms with E-state index in [1.54, 1.807) is 0 Å². The van der Waals surface area contributed by atoms with Crippen molar-refractivity contribution >= 4 is 5.69 Å². The predicted octanol–water partition coefficient (Wildman–Crippen LogP) is 4.29. The minimum atomic E-state index is 0.0579. The first-order valence-electron chi connectivity index (χ1n) is 6.07. The maximum absolute atomic E-state index is 3.43. The maximum atomic E-state index is 3.43. The molecule has 1 N–H and O–H groups in total. The Labute approximate surface area is 106 Å². The van der Waals surface area contributed by atoms with Crippen LogP contribution in [0.5, 0.6) is 0 Å². The molecule has 1 rings (SSSR count). The Hall–Kier alpha value is -1.42. The van der Waals surface area contributed by atoms with Crippen molar-refractivity contribution in [3.05, 3.63) is 29.8 Å². The van der Waals surface area contributed by atoms with Crippen LogP contribution >= 0.6 is 0 Å². The normalized spacial score (nSPS) is 11.6. The molecule has 92 valence electrons. The smallest absolute Gasteiger partial charge is 0.0345 e. The van der Waals surface area contributed by atoms with Gasteiger partial charge in [-0.15, -0.1) is 0 Å². The molecule has 0 heterocycles. The van der Waals surface area contributed by atoms with Gasteiger partial charge in [-0.2, -0.15) is 0 Å².